The lowest BCUT2D eigenvalue weighted by Gasteiger charge is -1.97. The van der Waals surface area contributed by atoms with Crippen LogP contribution in [-0.4, -0.2) is 19.5 Å². The molecular weight excluding hydrogens is 303 g/mol. The maximum Gasteiger partial charge on any atom is 0.471 e. The summed E-state index contributed by atoms with van der Waals surface area (Å²) in [5, 5.41) is 6.70. The van der Waals surface area contributed by atoms with Crippen molar-refractivity contribution >= 4 is 5.65 Å². The van der Waals surface area contributed by atoms with E-state index < -0.39 is 12.1 Å². The summed E-state index contributed by atoms with van der Waals surface area (Å²) in [6.07, 6.45) is -1.59. The van der Waals surface area contributed by atoms with Gasteiger partial charge in [-0.3, -0.25) is 0 Å². The first-order valence-electron chi connectivity index (χ1n) is 5.87. The van der Waals surface area contributed by atoms with E-state index in [0.717, 1.165) is 0 Å². The topological polar surface area (TPSA) is 105 Å². The van der Waals surface area contributed by atoms with Crippen LogP contribution in [-0.2, 0) is 12.7 Å². The summed E-state index contributed by atoms with van der Waals surface area (Å²) < 4.78 is 43.1. The van der Waals surface area contributed by atoms with Gasteiger partial charge in [-0.1, -0.05) is 10.3 Å². The minimum atomic E-state index is -4.69. The summed E-state index contributed by atoms with van der Waals surface area (Å²) >= 11 is 0. The van der Waals surface area contributed by atoms with E-state index in [9.17, 15) is 13.2 Å². The Morgan fingerprint density at radius 2 is 2.09 bits per heavy atom. The van der Waals surface area contributed by atoms with E-state index in [1.54, 1.807) is 16.7 Å². The fourth-order valence-electron chi connectivity index (χ4n) is 1.81. The number of rotatable bonds is 3. The van der Waals surface area contributed by atoms with Gasteiger partial charge in [-0.2, -0.15) is 18.2 Å². The molecule has 0 saturated carbocycles. The minimum Gasteiger partial charge on any atom is -0.329 e. The highest BCUT2D eigenvalue weighted by Gasteiger charge is 2.38. The lowest BCUT2D eigenvalue weighted by molar-refractivity contribution is -0.159. The lowest BCUT2D eigenvalue weighted by atomic mass is 10.3. The molecule has 3 aromatic heterocycles. The van der Waals surface area contributed by atoms with Crippen molar-refractivity contribution in [3.05, 3.63) is 46.6 Å². The second kappa shape index (κ2) is 5.04. The van der Waals surface area contributed by atoms with Gasteiger partial charge >= 0.3 is 12.1 Å². The molecule has 112 valence electrons. The van der Waals surface area contributed by atoms with Crippen molar-refractivity contribution in [3.63, 3.8) is 0 Å². The normalized spacial score (nSPS) is 11.6. The zero-order valence-electron chi connectivity index (χ0n) is 10.7. The maximum absolute atomic E-state index is 12.4. The summed E-state index contributed by atoms with van der Waals surface area (Å²) in [7, 11) is 0. The fraction of sp³-hybridized carbons (Fsp3) is 0.182. The van der Waals surface area contributed by atoms with Crippen LogP contribution in [0.2, 0.25) is 0 Å². The van der Waals surface area contributed by atoms with Gasteiger partial charge in [0.1, 0.15) is 5.65 Å². The molecule has 0 bridgehead atoms. The Bertz CT molecular complexity index is 875. The molecule has 0 radical (unpaired) electrons. The van der Waals surface area contributed by atoms with Crippen molar-refractivity contribution in [1.82, 2.24) is 19.5 Å². The van der Waals surface area contributed by atoms with Crippen molar-refractivity contribution in [2.24, 2.45) is 5.11 Å². The van der Waals surface area contributed by atoms with Crippen LogP contribution in [0.15, 0.2) is 34.2 Å². The van der Waals surface area contributed by atoms with Gasteiger partial charge in [0.25, 0.3) is 0 Å². The second-order valence-electron chi connectivity index (χ2n) is 4.23. The van der Waals surface area contributed by atoms with Crippen molar-refractivity contribution in [3.8, 4) is 11.4 Å². The molecule has 0 aliphatic rings. The van der Waals surface area contributed by atoms with Crippen molar-refractivity contribution in [2.75, 3.05) is 0 Å². The van der Waals surface area contributed by atoms with Crippen LogP contribution in [0.1, 0.15) is 11.6 Å². The van der Waals surface area contributed by atoms with Crippen LogP contribution in [0.3, 0.4) is 0 Å². The molecule has 0 unspecified atom stereocenters. The molecule has 3 heterocycles. The Kier molecular flexibility index (Phi) is 3.18. The summed E-state index contributed by atoms with van der Waals surface area (Å²) in [6.45, 7) is 0.0773. The number of nitrogens with zero attached hydrogens (tertiary/aromatic N) is 7. The van der Waals surface area contributed by atoms with Gasteiger partial charge in [-0.25, -0.2) is 4.98 Å². The molecule has 0 spiro atoms. The predicted octanol–water partition coefficient (Wildman–Crippen LogP) is 3.21. The molecule has 0 atom stereocenters. The number of halogens is 3. The first kappa shape index (κ1) is 13.9. The van der Waals surface area contributed by atoms with Gasteiger partial charge in [-0.15, -0.1) is 0 Å². The van der Waals surface area contributed by atoms with E-state index in [0.29, 0.717) is 16.9 Å². The molecule has 8 nitrogen and oxygen atoms in total. The number of hydrogen-bond donors (Lipinski definition) is 0. The summed E-state index contributed by atoms with van der Waals surface area (Å²) in [5.74, 6) is -1.59. The molecular formula is C11H6F3N7O. The molecule has 0 fully saturated rings. The van der Waals surface area contributed by atoms with Gasteiger partial charge < -0.3 is 8.92 Å². The van der Waals surface area contributed by atoms with Crippen LogP contribution in [0.25, 0.3) is 27.5 Å². The monoisotopic (exact) mass is 309 g/mol. The highest BCUT2D eigenvalue weighted by Crippen LogP contribution is 2.29. The quantitative estimate of drug-likeness (QED) is 0.420. The first-order valence-corrected chi connectivity index (χ1v) is 5.87. The van der Waals surface area contributed by atoms with Gasteiger partial charge in [0.15, 0.2) is 0 Å². The highest BCUT2D eigenvalue weighted by atomic mass is 19.4. The standard InChI is InChI=1S/C11H6F3N7O/c12-11(13,14)10-18-9(19-22-10)6-1-2-8-17-7(3-16-20-15)5-21(8)4-6/h1-2,4-5H,3H2. The number of hydrogen-bond acceptors (Lipinski definition) is 5. The largest absolute Gasteiger partial charge is 0.471 e. The van der Waals surface area contributed by atoms with E-state index in [-0.39, 0.29) is 12.4 Å². The third-order valence-corrected chi connectivity index (χ3v) is 2.72. The Labute approximate surface area is 119 Å². The number of imidazole rings is 1. The molecule has 0 aromatic carbocycles. The number of alkyl halides is 3. The summed E-state index contributed by atoms with van der Waals surface area (Å²) in [4.78, 5) is 10.1. The molecule has 3 aromatic rings. The Balaban J connectivity index is 1.97. The number of fused-ring (bicyclic) bond motifs is 1. The Morgan fingerprint density at radius 3 is 2.77 bits per heavy atom. The number of aromatic nitrogens is 4. The van der Waals surface area contributed by atoms with Gasteiger partial charge in [0.2, 0.25) is 5.82 Å². The summed E-state index contributed by atoms with van der Waals surface area (Å²) in [6, 6.07) is 3.10. The minimum absolute atomic E-state index is 0.0773. The van der Waals surface area contributed by atoms with Crippen molar-refractivity contribution in [2.45, 2.75) is 12.7 Å². The molecule has 0 N–H and O–H groups in total. The smallest absolute Gasteiger partial charge is 0.329 e. The average Bonchev–Trinajstić information content (AvgIpc) is 3.10. The maximum atomic E-state index is 12.4. The number of azide groups is 1. The van der Waals surface area contributed by atoms with Crippen LogP contribution in [0.4, 0.5) is 13.2 Å². The van der Waals surface area contributed by atoms with Gasteiger partial charge in [0, 0.05) is 22.9 Å². The van der Waals surface area contributed by atoms with E-state index in [1.807, 2.05) is 0 Å². The molecule has 11 heteroatoms. The summed E-state index contributed by atoms with van der Waals surface area (Å²) in [5.41, 5.74) is 9.68. The third-order valence-electron chi connectivity index (χ3n) is 2.72. The molecule has 0 amide bonds. The van der Waals surface area contributed by atoms with Gasteiger partial charge in [-0.05, 0) is 17.7 Å². The highest BCUT2D eigenvalue weighted by molar-refractivity contribution is 5.57. The zero-order chi connectivity index (χ0) is 15.7. The van der Waals surface area contributed by atoms with E-state index >= 15 is 0 Å². The molecule has 0 saturated heterocycles. The van der Waals surface area contributed by atoms with Crippen molar-refractivity contribution < 1.29 is 17.7 Å². The molecule has 3 rings (SSSR count). The average molecular weight is 309 g/mol. The first-order chi connectivity index (χ1) is 10.5. The van der Waals surface area contributed by atoms with Crippen LogP contribution in [0.5, 0.6) is 0 Å². The Morgan fingerprint density at radius 1 is 1.27 bits per heavy atom. The molecule has 0 aliphatic heterocycles. The third kappa shape index (κ3) is 2.56. The second-order valence-corrected chi connectivity index (χ2v) is 4.23. The van der Waals surface area contributed by atoms with Crippen LogP contribution < -0.4 is 0 Å². The number of pyridine rings is 1. The zero-order valence-corrected chi connectivity index (χ0v) is 10.7. The predicted molar refractivity (Wildman–Crippen MR) is 66.3 cm³/mol. The Hall–Kier alpha value is -3.07. The lowest BCUT2D eigenvalue weighted by Crippen LogP contribution is -2.04. The SMILES string of the molecule is [N-]=[N+]=NCc1cn2cc(-c3noc(C(F)(F)F)n3)ccc2n1. The van der Waals surface area contributed by atoms with E-state index in [2.05, 4.69) is 29.7 Å². The fourth-order valence-corrected chi connectivity index (χ4v) is 1.81. The van der Waals surface area contributed by atoms with Crippen LogP contribution >= 0.6 is 0 Å². The van der Waals surface area contributed by atoms with E-state index in [4.69, 9.17) is 5.53 Å². The molecule has 22 heavy (non-hydrogen) atoms. The van der Waals surface area contributed by atoms with Crippen molar-refractivity contribution in [1.29, 1.82) is 0 Å². The molecule has 0 aliphatic carbocycles. The van der Waals surface area contributed by atoms with Crippen LogP contribution in [0, 0.1) is 0 Å². The van der Waals surface area contributed by atoms with E-state index in [1.165, 1.54) is 12.3 Å². The van der Waals surface area contributed by atoms with Gasteiger partial charge in [0.05, 0.1) is 12.2 Å².